The topological polar surface area (TPSA) is 78.8 Å². The highest BCUT2D eigenvalue weighted by Gasteiger charge is 2.12. The summed E-state index contributed by atoms with van der Waals surface area (Å²) < 4.78 is 5.44. The van der Waals surface area contributed by atoms with Gasteiger partial charge in [-0.15, -0.1) is 0 Å². The molecule has 0 aromatic heterocycles. The van der Waals surface area contributed by atoms with Crippen molar-refractivity contribution < 1.29 is 19.7 Å². The van der Waals surface area contributed by atoms with Crippen molar-refractivity contribution >= 4 is 5.91 Å². The molecule has 0 saturated heterocycles. The number of rotatable bonds is 12. The second-order valence-electron chi connectivity index (χ2n) is 6.10. The third-order valence-corrected chi connectivity index (χ3v) is 3.56. The standard InChI is InChI=1S/C21H29NO4/c1-3-20(24)12-8-7-11-19(16-26-15-17(2)23)22-21(25)14-13-18-9-5-4-6-10-18/h3-10,12,17,19,23-24H,1,11,13-16H2,2H3,(H,22,25)/b8-7+,20-12+. The SMILES string of the molecule is C=C/C(O)=C\C=C\CC(COCC(C)O)NC(=O)CCc1ccccc1. The van der Waals surface area contributed by atoms with Crippen molar-refractivity contribution in [3.63, 3.8) is 0 Å². The van der Waals surface area contributed by atoms with Crippen LogP contribution in [0.2, 0.25) is 0 Å². The average Bonchev–Trinajstić information content (AvgIpc) is 2.63. The van der Waals surface area contributed by atoms with Crippen LogP contribution >= 0.6 is 0 Å². The first-order valence-corrected chi connectivity index (χ1v) is 8.78. The fraction of sp³-hybridized carbons (Fsp3) is 0.381. The van der Waals surface area contributed by atoms with Gasteiger partial charge in [0.2, 0.25) is 5.91 Å². The maximum atomic E-state index is 12.2. The van der Waals surface area contributed by atoms with Crippen LogP contribution in [-0.2, 0) is 16.0 Å². The van der Waals surface area contributed by atoms with Crippen molar-refractivity contribution in [2.45, 2.75) is 38.3 Å². The molecule has 1 aromatic carbocycles. The zero-order valence-electron chi connectivity index (χ0n) is 15.3. The lowest BCUT2D eigenvalue weighted by molar-refractivity contribution is -0.122. The van der Waals surface area contributed by atoms with Gasteiger partial charge in [0.15, 0.2) is 0 Å². The molecule has 1 rings (SSSR count). The number of amides is 1. The largest absolute Gasteiger partial charge is 0.508 e. The second kappa shape index (κ2) is 12.9. The fourth-order valence-corrected chi connectivity index (χ4v) is 2.23. The average molecular weight is 359 g/mol. The summed E-state index contributed by atoms with van der Waals surface area (Å²) in [6.45, 7) is 5.64. The summed E-state index contributed by atoms with van der Waals surface area (Å²) in [6, 6.07) is 9.65. The lowest BCUT2D eigenvalue weighted by atomic mass is 10.1. The van der Waals surface area contributed by atoms with E-state index in [9.17, 15) is 15.0 Å². The molecule has 5 heteroatoms. The Kier molecular flexibility index (Phi) is 10.8. The zero-order valence-corrected chi connectivity index (χ0v) is 15.3. The van der Waals surface area contributed by atoms with Crippen LogP contribution in [-0.4, -0.2) is 41.5 Å². The number of ether oxygens (including phenoxy) is 1. The Morgan fingerprint density at radius 1 is 1.31 bits per heavy atom. The minimum absolute atomic E-state index is 0.0441. The van der Waals surface area contributed by atoms with E-state index in [1.165, 1.54) is 12.2 Å². The summed E-state index contributed by atoms with van der Waals surface area (Å²) >= 11 is 0. The number of hydrogen-bond donors (Lipinski definition) is 3. The number of aliphatic hydroxyl groups is 2. The van der Waals surface area contributed by atoms with E-state index in [1.807, 2.05) is 36.4 Å². The Labute approximate surface area is 155 Å². The van der Waals surface area contributed by atoms with Gasteiger partial charge >= 0.3 is 0 Å². The normalized spacial score (nSPS) is 14.2. The molecule has 142 valence electrons. The van der Waals surface area contributed by atoms with Crippen molar-refractivity contribution in [2.24, 2.45) is 0 Å². The molecule has 0 heterocycles. The first-order chi connectivity index (χ1) is 12.5. The number of aryl methyl sites for hydroxylation is 1. The Bertz CT molecular complexity index is 593. The molecular formula is C21H29NO4. The molecule has 0 aliphatic carbocycles. The smallest absolute Gasteiger partial charge is 0.220 e. The molecule has 2 atom stereocenters. The van der Waals surface area contributed by atoms with Crippen LogP contribution < -0.4 is 5.32 Å². The van der Waals surface area contributed by atoms with E-state index in [-0.39, 0.29) is 24.3 Å². The van der Waals surface area contributed by atoms with Gasteiger partial charge < -0.3 is 20.3 Å². The maximum Gasteiger partial charge on any atom is 0.220 e. The summed E-state index contributed by atoms with van der Waals surface area (Å²) in [5.41, 5.74) is 1.12. The Morgan fingerprint density at radius 3 is 2.69 bits per heavy atom. The molecule has 0 bridgehead atoms. The van der Waals surface area contributed by atoms with Gasteiger partial charge in [-0.2, -0.15) is 0 Å². The van der Waals surface area contributed by atoms with Gasteiger partial charge in [-0.3, -0.25) is 4.79 Å². The van der Waals surface area contributed by atoms with Gasteiger partial charge in [0.05, 0.1) is 25.4 Å². The minimum Gasteiger partial charge on any atom is -0.508 e. The number of benzene rings is 1. The fourth-order valence-electron chi connectivity index (χ4n) is 2.23. The molecular weight excluding hydrogens is 330 g/mol. The summed E-state index contributed by atoms with van der Waals surface area (Å²) in [6.07, 6.45) is 7.50. The number of carbonyl (C=O) groups is 1. The lowest BCUT2D eigenvalue weighted by Crippen LogP contribution is -2.38. The highest BCUT2D eigenvalue weighted by Crippen LogP contribution is 2.04. The molecule has 0 aliphatic heterocycles. The molecule has 3 N–H and O–H groups in total. The van der Waals surface area contributed by atoms with Crippen LogP contribution in [0.25, 0.3) is 0 Å². The number of aliphatic hydroxyl groups excluding tert-OH is 2. The van der Waals surface area contributed by atoms with Crippen molar-refractivity contribution in [2.75, 3.05) is 13.2 Å². The third kappa shape index (κ3) is 10.5. The minimum atomic E-state index is -0.549. The lowest BCUT2D eigenvalue weighted by Gasteiger charge is -2.18. The van der Waals surface area contributed by atoms with Crippen molar-refractivity contribution in [1.29, 1.82) is 0 Å². The molecule has 0 radical (unpaired) electrons. The highest BCUT2D eigenvalue weighted by molar-refractivity contribution is 5.76. The predicted molar refractivity (Wildman–Crippen MR) is 104 cm³/mol. The van der Waals surface area contributed by atoms with Crippen molar-refractivity contribution in [1.82, 2.24) is 5.32 Å². The van der Waals surface area contributed by atoms with Crippen molar-refractivity contribution in [3.8, 4) is 0 Å². The van der Waals surface area contributed by atoms with Gasteiger partial charge in [0.1, 0.15) is 5.76 Å². The van der Waals surface area contributed by atoms with Crippen LogP contribution in [0.5, 0.6) is 0 Å². The molecule has 2 unspecified atom stereocenters. The monoisotopic (exact) mass is 359 g/mol. The first-order valence-electron chi connectivity index (χ1n) is 8.78. The maximum absolute atomic E-state index is 12.2. The number of nitrogens with one attached hydrogen (secondary N) is 1. The first kappa shape index (κ1) is 21.7. The third-order valence-electron chi connectivity index (χ3n) is 3.56. The Hall–Kier alpha value is -2.37. The van der Waals surface area contributed by atoms with Crippen LogP contribution in [0.1, 0.15) is 25.3 Å². The Balaban J connectivity index is 2.50. The van der Waals surface area contributed by atoms with Gasteiger partial charge in [-0.25, -0.2) is 0 Å². The van der Waals surface area contributed by atoms with Crippen molar-refractivity contribution in [3.05, 3.63) is 72.5 Å². The van der Waals surface area contributed by atoms with Crippen LogP contribution in [0.4, 0.5) is 0 Å². The predicted octanol–water partition coefficient (Wildman–Crippen LogP) is 3.08. The summed E-state index contributed by atoms with van der Waals surface area (Å²) in [5, 5.41) is 21.6. The zero-order chi connectivity index (χ0) is 19.2. The van der Waals surface area contributed by atoms with Gasteiger partial charge in [0.25, 0.3) is 0 Å². The number of hydrogen-bond acceptors (Lipinski definition) is 4. The summed E-state index contributed by atoms with van der Waals surface area (Å²) in [4.78, 5) is 12.2. The van der Waals surface area contributed by atoms with Crippen LogP contribution in [0, 0.1) is 0 Å². The number of carbonyl (C=O) groups excluding carboxylic acids is 1. The van der Waals surface area contributed by atoms with E-state index >= 15 is 0 Å². The quantitative estimate of drug-likeness (QED) is 0.396. The summed E-state index contributed by atoms with van der Waals surface area (Å²) in [7, 11) is 0. The van der Waals surface area contributed by atoms with E-state index in [2.05, 4.69) is 11.9 Å². The molecule has 26 heavy (non-hydrogen) atoms. The van der Waals surface area contributed by atoms with Gasteiger partial charge in [0, 0.05) is 6.42 Å². The summed E-state index contributed by atoms with van der Waals surface area (Å²) in [5.74, 6) is 0.0347. The van der Waals surface area contributed by atoms with Crippen LogP contribution in [0.3, 0.4) is 0 Å². The molecule has 0 saturated carbocycles. The van der Waals surface area contributed by atoms with E-state index in [0.29, 0.717) is 25.9 Å². The van der Waals surface area contributed by atoms with E-state index in [4.69, 9.17) is 4.74 Å². The van der Waals surface area contributed by atoms with E-state index < -0.39 is 6.10 Å². The Morgan fingerprint density at radius 2 is 2.04 bits per heavy atom. The molecule has 0 aliphatic rings. The second-order valence-corrected chi connectivity index (χ2v) is 6.10. The van der Waals surface area contributed by atoms with E-state index in [1.54, 1.807) is 13.0 Å². The number of allylic oxidation sites excluding steroid dienone is 3. The van der Waals surface area contributed by atoms with Crippen LogP contribution in [0.15, 0.2) is 67.0 Å². The highest BCUT2D eigenvalue weighted by atomic mass is 16.5. The molecule has 0 spiro atoms. The van der Waals surface area contributed by atoms with Gasteiger partial charge in [-0.05, 0) is 37.5 Å². The molecule has 5 nitrogen and oxygen atoms in total. The molecule has 0 fully saturated rings. The van der Waals surface area contributed by atoms with Gasteiger partial charge in [-0.1, -0.05) is 49.1 Å². The molecule has 1 aromatic rings. The molecule has 1 amide bonds. The van der Waals surface area contributed by atoms with E-state index in [0.717, 1.165) is 5.56 Å².